The topological polar surface area (TPSA) is 107 Å². The van der Waals surface area contributed by atoms with Crippen LogP contribution in [0.3, 0.4) is 0 Å². The van der Waals surface area contributed by atoms with Crippen molar-refractivity contribution in [3.8, 4) is 6.07 Å². The first-order valence-corrected chi connectivity index (χ1v) is 8.37. The summed E-state index contributed by atoms with van der Waals surface area (Å²) in [4.78, 5) is 9.99. The fourth-order valence-corrected chi connectivity index (χ4v) is 3.38. The number of benzene rings is 1. The monoisotopic (exact) mass is 364 g/mol. The Kier molecular flexibility index (Phi) is 6.34. The Hall–Kier alpha value is -2.12. The third kappa shape index (κ3) is 4.94. The maximum atomic E-state index is 13.1. The van der Waals surface area contributed by atoms with E-state index in [0.29, 0.717) is 25.0 Å². The number of carboxylic acid groups (broad SMARTS) is 1. The molecule has 0 amide bonds. The van der Waals surface area contributed by atoms with Gasteiger partial charge in [0.2, 0.25) is 10.0 Å². The molecule has 2 N–H and O–H groups in total. The summed E-state index contributed by atoms with van der Waals surface area (Å²) in [6.45, 7) is 1.76. The van der Waals surface area contributed by atoms with Crippen molar-refractivity contribution in [3.63, 3.8) is 0 Å². The lowest BCUT2D eigenvalue weighted by atomic mass is 10.1. The molecule has 1 aromatic rings. The highest BCUT2D eigenvalue weighted by Crippen LogP contribution is 2.34. The van der Waals surface area contributed by atoms with Crippen LogP contribution >= 0.6 is 0 Å². The number of alkyl halides is 3. The van der Waals surface area contributed by atoms with Crippen LogP contribution in [0.1, 0.15) is 37.3 Å². The molecule has 132 valence electrons. The van der Waals surface area contributed by atoms with Crippen LogP contribution in [0.15, 0.2) is 23.1 Å². The van der Waals surface area contributed by atoms with Gasteiger partial charge in [-0.25, -0.2) is 8.42 Å². The molecule has 0 aliphatic rings. The minimum Gasteiger partial charge on any atom is -0.480 e. The van der Waals surface area contributed by atoms with Crippen LogP contribution in [-0.2, 0) is 21.0 Å². The summed E-state index contributed by atoms with van der Waals surface area (Å²) in [6, 6.07) is 1.94. The van der Waals surface area contributed by atoms with Crippen molar-refractivity contribution >= 4 is 16.0 Å². The van der Waals surface area contributed by atoms with Crippen LogP contribution in [0, 0.1) is 11.3 Å². The van der Waals surface area contributed by atoms with E-state index in [4.69, 9.17) is 10.4 Å². The van der Waals surface area contributed by atoms with Crippen LogP contribution in [0.5, 0.6) is 0 Å². The number of nitrogens with zero attached hydrogens (tertiary/aromatic N) is 1. The molecule has 0 bridgehead atoms. The Morgan fingerprint density at radius 3 is 2.50 bits per heavy atom. The predicted molar refractivity (Wildman–Crippen MR) is 77.4 cm³/mol. The number of aliphatic carboxylic acids is 1. The van der Waals surface area contributed by atoms with Crippen molar-refractivity contribution in [2.45, 2.75) is 43.3 Å². The van der Waals surface area contributed by atoms with Crippen molar-refractivity contribution in [3.05, 3.63) is 29.3 Å². The molecule has 1 aromatic carbocycles. The van der Waals surface area contributed by atoms with E-state index in [-0.39, 0.29) is 12.0 Å². The standard InChI is InChI=1S/C14H15F3N2O4S/c1-2-3-4-11(13(20)21)19-24(22,23)12-6-5-9(8-18)7-10(12)14(15,16)17/h5-7,11,19H,2-4H2,1H3,(H,20,21). The van der Waals surface area contributed by atoms with E-state index in [9.17, 15) is 26.4 Å². The van der Waals surface area contributed by atoms with Gasteiger partial charge in [0.25, 0.3) is 0 Å². The molecule has 24 heavy (non-hydrogen) atoms. The minimum absolute atomic E-state index is 0.0529. The van der Waals surface area contributed by atoms with Crippen LogP contribution in [0.25, 0.3) is 0 Å². The number of nitriles is 1. The van der Waals surface area contributed by atoms with Crippen molar-refractivity contribution in [1.29, 1.82) is 5.26 Å². The van der Waals surface area contributed by atoms with Gasteiger partial charge in [-0.05, 0) is 24.6 Å². The lowest BCUT2D eigenvalue weighted by Crippen LogP contribution is -2.41. The first kappa shape index (κ1) is 19.9. The average molecular weight is 364 g/mol. The zero-order valence-electron chi connectivity index (χ0n) is 12.6. The number of unbranched alkanes of at least 4 members (excludes halogenated alkanes) is 1. The molecule has 6 nitrogen and oxygen atoms in total. The van der Waals surface area contributed by atoms with Crippen LogP contribution < -0.4 is 4.72 Å². The Morgan fingerprint density at radius 2 is 2.04 bits per heavy atom. The van der Waals surface area contributed by atoms with Gasteiger partial charge in [0.05, 0.1) is 22.1 Å². The van der Waals surface area contributed by atoms with Gasteiger partial charge in [-0.15, -0.1) is 0 Å². The summed E-state index contributed by atoms with van der Waals surface area (Å²) >= 11 is 0. The van der Waals surface area contributed by atoms with Crippen molar-refractivity contribution < 1.29 is 31.5 Å². The van der Waals surface area contributed by atoms with Crippen molar-refractivity contribution in [1.82, 2.24) is 4.72 Å². The molecule has 0 heterocycles. The first-order valence-electron chi connectivity index (χ1n) is 6.89. The number of carboxylic acids is 1. The second kappa shape index (κ2) is 7.63. The summed E-state index contributed by atoms with van der Waals surface area (Å²) in [7, 11) is -4.73. The molecule has 1 rings (SSSR count). The molecular weight excluding hydrogens is 349 g/mol. The van der Waals surface area contributed by atoms with E-state index in [0.717, 1.165) is 6.07 Å². The summed E-state index contributed by atoms with van der Waals surface area (Å²) in [6.07, 6.45) is -4.09. The van der Waals surface area contributed by atoms with E-state index in [1.54, 1.807) is 11.6 Å². The number of hydrogen-bond acceptors (Lipinski definition) is 4. The normalized spacial score (nSPS) is 13.3. The van der Waals surface area contributed by atoms with Crippen molar-refractivity contribution in [2.24, 2.45) is 0 Å². The Balaban J connectivity index is 3.32. The van der Waals surface area contributed by atoms with Gasteiger partial charge in [-0.1, -0.05) is 19.8 Å². The Bertz CT molecular complexity index is 754. The van der Waals surface area contributed by atoms with Gasteiger partial charge in [-0.3, -0.25) is 4.79 Å². The molecule has 0 spiro atoms. The second-order valence-corrected chi connectivity index (χ2v) is 6.66. The van der Waals surface area contributed by atoms with Gasteiger partial charge in [0, 0.05) is 0 Å². The minimum atomic E-state index is -5.01. The summed E-state index contributed by atoms with van der Waals surface area (Å²) in [5.74, 6) is -1.48. The smallest absolute Gasteiger partial charge is 0.417 e. The number of carbonyl (C=O) groups is 1. The number of halogens is 3. The third-order valence-corrected chi connectivity index (χ3v) is 4.68. The molecule has 10 heteroatoms. The Labute approximate surface area is 137 Å². The van der Waals surface area contributed by atoms with Gasteiger partial charge in [0.15, 0.2) is 0 Å². The first-order chi connectivity index (χ1) is 11.0. The largest absolute Gasteiger partial charge is 0.480 e. The lowest BCUT2D eigenvalue weighted by molar-refractivity contribution is -0.140. The highest BCUT2D eigenvalue weighted by atomic mass is 32.2. The quantitative estimate of drug-likeness (QED) is 0.773. The van der Waals surface area contributed by atoms with E-state index < -0.39 is 38.7 Å². The SMILES string of the molecule is CCCCC(NS(=O)(=O)c1ccc(C#N)cc1C(F)(F)F)C(=O)O. The zero-order chi connectivity index (χ0) is 18.5. The maximum Gasteiger partial charge on any atom is 0.417 e. The summed E-state index contributed by atoms with van der Waals surface area (Å²) in [5.41, 5.74) is -1.88. The molecule has 1 unspecified atom stereocenters. The van der Waals surface area contributed by atoms with Crippen LogP contribution in [0.2, 0.25) is 0 Å². The van der Waals surface area contributed by atoms with E-state index in [1.165, 1.54) is 6.07 Å². The molecule has 1 atom stereocenters. The van der Waals surface area contributed by atoms with E-state index in [2.05, 4.69) is 0 Å². The van der Waals surface area contributed by atoms with Gasteiger partial charge in [0.1, 0.15) is 6.04 Å². The lowest BCUT2D eigenvalue weighted by Gasteiger charge is -2.17. The highest BCUT2D eigenvalue weighted by Gasteiger charge is 2.38. The molecule has 0 fully saturated rings. The number of hydrogen-bond donors (Lipinski definition) is 2. The second-order valence-electron chi connectivity index (χ2n) is 4.97. The molecule has 0 saturated heterocycles. The molecule has 0 aliphatic carbocycles. The molecule has 0 aliphatic heterocycles. The molecule has 0 aromatic heterocycles. The van der Waals surface area contributed by atoms with Crippen LogP contribution in [0.4, 0.5) is 13.2 Å². The van der Waals surface area contributed by atoms with Gasteiger partial charge in [-0.2, -0.15) is 23.2 Å². The maximum absolute atomic E-state index is 13.1. The third-order valence-electron chi connectivity index (χ3n) is 3.15. The number of sulfonamides is 1. The van der Waals surface area contributed by atoms with Crippen molar-refractivity contribution in [2.75, 3.05) is 0 Å². The average Bonchev–Trinajstić information content (AvgIpc) is 2.49. The van der Waals surface area contributed by atoms with Gasteiger partial charge >= 0.3 is 12.1 Å². The number of nitrogens with one attached hydrogen (secondary N) is 1. The van der Waals surface area contributed by atoms with E-state index >= 15 is 0 Å². The fraction of sp³-hybridized carbons (Fsp3) is 0.429. The van der Waals surface area contributed by atoms with Crippen LogP contribution in [-0.4, -0.2) is 25.5 Å². The molecule has 0 radical (unpaired) electrons. The summed E-state index contributed by atoms with van der Waals surface area (Å²) < 4.78 is 65.5. The molecule has 0 saturated carbocycles. The number of rotatable bonds is 7. The van der Waals surface area contributed by atoms with E-state index in [1.807, 2.05) is 0 Å². The predicted octanol–water partition coefficient (Wildman–Crippen LogP) is 2.50. The highest BCUT2D eigenvalue weighted by molar-refractivity contribution is 7.89. The molecular formula is C14H15F3N2O4S. The Morgan fingerprint density at radius 1 is 1.42 bits per heavy atom. The zero-order valence-corrected chi connectivity index (χ0v) is 13.4. The summed E-state index contributed by atoms with van der Waals surface area (Å²) in [5, 5.41) is 17.7. The van der Waals surface area contributed by atoms with Gasteiger partial charge < -0.3 is 5.11 Å². The fourth-order valence-electron chi connectivity index (χ4n) is 1.95.